The van der Waals surface area contributed by atoms with Crippen molar-refractivity contribution in [3.8, 4) is 6.07 Å². The van der Waals surface area contributed by atoms with Gasteiger partial charge < -0.3 is 10.2 Å². The summed E-state index contributed by atoms with van der Waals surface area (Å²) in [6.07, 6.45) is -0.747. The molecule has 0 bridgehead atoms. The molecule has 2 fully saturated rings. The maximum Gasteiger partial charge on any atom is 0.419 e. The third kappa shape index (κ3) is 4.54. The molecule has 204 valence electrons. The molecule has 40 heavy (non-hydrogen) atoms. The molecule has 1 aromatic carbocycles. The Morgan fingerprint density at radius 2 is 1.95 bits per heavy atom. The number of hydrogen-bond acceptors (Lipinski definition) is 6. The van der Waals surface area contributed by atoms with Gasteiger partial charge >= 0.3 is 6.18 Å². The molecule has 1 aliphatic heterocycles. The summed E-state index contributed by atoms with van der Waals surface area (Å²) in [5, 5.41) is 11.5. The zero-order chi connectivity index (χ0) is 28.7. The lowest BCUT2D eigenvalue weighted by molar-refractivity contribution is -0.138. The molecule has 5 rings (SSSR count). The highest BCUT2D eigenvalue weighted by atomic mass is 32.1. The van der Waals surface area contributed by atoms with Gasteiger partial charge in [0.1, 0.15) is 11.6 Å². The number of halogens is 4. The van der Waals surface area contributed by atoms with Crippen molar-refractivity contribution in [2.75, 3.05) is 16.3 Å². The number of rotatable bonds is 6. The number of carbonyl (C=O) groups excluding carboxylic acids is 2. The summed E-state index contributed by atoms with van der Waals surface area (Å²) in [5.74, 6) is -2.24. The van der Waals surface area contributed by atoms with Crippen molar-refractivity contribution in [2.24, 2.45) is 0 Å². The number of pyridine rings is 2. The molecular formula is C27H20F4N6O2S. The number of benzene rings is 1. The molecule has 1 saturated carbocycles. The summed E-state index contributed by atoms with van der Waals surface area (Å²) in [4.78, 5) is 36.4. The van der Waals surface area contributed by atoms with Gasteiger partial charge in [0.15, 0.2) is 16.6 Å². The van der Waals surface area contributed by atoms with Crippen LogP contribution in [0.4, 0.5) is 28.9 Å². The van der Waals surface area contributed by atoms with E-state index in [1.54, 1.807) is 18.3 Å². The Morgan fingerprint density at radius 1 is 1.18 bits per heavy atom. The van der Waals surface area contributed by atoms with Gasteiger partial charge in [-0.15, -0.1) is 0 Å². The molecule has 0 unspecified atom stereocenters. The number of thiocarbonyl (C=S) groups is 1. The highest BCUT2D eigenvalue weighted by Gasteiger charge is 2.60. The SMILES string of the molecule is N#Cc1ncc(N2C(=O)C3(CCC3)N(c3cccc(C(=O)NCCc4ccccn4)c3F)C2=S)cc1C(F)(F)F. The van der Waals surface area contributed by atoms with E-state index in [1.807, 2.05) is 6.07 Å². The Balaban J connectivity index is 1.46. The van der Waals surface area contributed by atoms with Crippen LogP contribution in [0.3, 0.4) is 0 Å². The number of amides is 2. The van der Waals surface area contributed by atoms with Crippen molar-refractivity contribution in [2.45, 2.75) is 37.4 Å². The van der Waals surface area contributed by atoms with Crippen LogP contribution in [-0.4, -0.2) is 39.0 Å². The van der Waals surface area contributed by atoms with Crippen LogP contribution in [0.1, 0.15) is 46.6 Å². The van der Waals surface area contributed by atoms with Gasteiger partial charge in [-0.3, -0.25) is 19.5 Å². The van der Waals surface area contributed by atoms with E-state index < -0.39 is 40.6 Å². The molecule has 0 atom stereocenters. The Labute approximate surface area is 231 Å². The molecule has 2 aliphatic rings. The number of alkyl halides is 3. The second-order valence-corrected chi connectivity index (χ2v) is 9.67. The van der Waals surface area contributed by atoms with E-state index in [0.29, 0.717) is 18.9 Å². The van der Waals surface area contributed by atoms with Crippen LogP contribution in [-0.2, 0) is 17.4 Å². The Kier molecular flexibility index (Phi) is 6.97. The van der Waals surface area contributed by atoms with Gasteiger partial charge in [-0.05, 0) is 61.8 Å². The minimum absolute atomic E-state index is 0.143. The number of hydrogen-bond donors (Lipinski definition) is 1. The number of nitrogens with one attached hydrogen (secondary N) is 1. The summed E-state index contributed by atoms with van der Waals surface area (Å²) in [5.41, 5.74) is -3.46. The molecule has 8 nitrogen and oxygen atoms in total. The van der Waals surface area contributed by atoms with Crippen molar-refractivity contribution in [1.82, 2.24) is 15.3 Å². The van der Waals surface area contributed by atoms with Crippen LogP contribution >= 0.6 is 12.2 Å². The number of carbonyl (C=O) groups is 2. The highest BCUT2D eigenvalue weighted by Crippen LogP contribution is 2.49. The number of aromatic nitrogens is 2. The summed E-state index contributed by atoms with van der Waals surface area (Å²) in [7, 11) is 0. The van der Waals surface area contributed by atoms with Gasteiger partial charge in [0.25, 0.3) is 11.8 Å². The molecule has 3 heterocycles. The fourth-order valence-corrected chi connectivity index (χ4v) is 5.34. The Morgan fingerprint density at radius 3 is 2.58 bits per heavy atom. The second-order valence-electron chi connectivity index (χ2n) is 9.31. The van der Waals surface area contributed by atoms with Crippen molar-refractivity contribution in [1.29, 1.82) is 5.26 Å². The monoisotopic (exact) mass is 568 g/mol. The summed E-state index contributed by atoms with van der Waals surface area (Å²) in [6.45, 7) is 0.199. The topological polar surface area (TPSA) is 102 Å². The number of nitriles is 1. The van der Waals surface area contributed by atoms with E-state index in [2.05, 4.69) is 15.3 Å². The van der Waals surface area contributed by atoms with Crippen LogP contribution in [0, 0.1) is 17.1 Å². The second kappa shape index (κ2) is 10.3. The van der Waals surface area contributed by atoms with Gasteiger partial charge in [-0.25, -0.2) is 9.37 Å². The van der Waals surface area contributed by atoms with E-state index in [0.717, 1.165) is 16.8 Å². The van der Waals surface area contributed by atoms with Crippen LogP contribution in [0.2, 0.25) is 0 Å². The summed E-state index contributed by atoms with van der Waals surface area (Å²) >= 11 is 5.53. The molecule has 1 spiro atoms. The van der Waals surface area contributed by atoms with Crippen LogP contribution < -0.4 is 15.1 Å². The van der Waals surface area contributed by atoms with Gasteiger partial charge in [-0.2, -0.15) is 18.4 Å². The molecule has 1 aliphatic carbocycles. The van der Waals surface area contributed by atoms with Crippen LogP contribution in [0.25, 0.3) is 0 Å². The first kappa shape index (κ1) is 27.1. The first-order valence-corrected chi connectivity index (χ1v) is 12.6. The maximum absolute atomic E-state index is 15.9. The van der Waals surface area contributed by atoms with Gasteiger partial charge in [0.05, 0.1) is 28.7 Å². The van der Waals surface area contributed by atoms with Gasteiger partial charge in [0, 0.05) is 24.9 Å². The average molecular weight is 569 g/mol. The minimum Gasteiger partial charge on any atom is -0.352 e. The van der Waals surface area contributed by atoms with E-state index >= 15 is 4.39 Å². The molecule has 1 saturated heterocycles. The Hall–Kier alpha value is -4.44. The predicted molar refractivity (Wildman–Crippen MR) is 140 cm³/mol. The largest absolute Gasteiger partial charge is 0.419 e. The quantitative estimate of drug-likeness (QED) is 0.344. The number of nitrogens with zero attached hydrogens (tertiary/aromatic N) is 5. The molecule has 0 radical (unpaired) electrons. The van der Waals surface area contributed by atoms with Crippen molar-refractivity contribution in [3.05, 3.63) is 83.2 Å². The molecule has 2 amide bonds. The lowest BCUT2D eigenvalue weighted by Gasteiger charge is -2.43. The smallest absolute Gasteiger partial charge is 0.352 e. The third-order valence-electron chi connectivity index (χ3n) is 6.99. The van der Waals surface area contributed by atoms with Crippen molar-refractivity contribution < 1.29 is 27.2 Å². The molecule has 1 N–H and O–H groups in total. The molecular weight excluding hydrogens is 548 g/mol. The zero-order valence-corrected chi connectivity index (χ0v) is 21.5. The summed E-state index contributed by atoms with van der Waals surface area (Å²) in [6, 6.07) is 11.5. The zero-order valence-electron chi connectivity index (χ0n) is 20.7. The van der Waals surface area contributed by atoms with Crippen molar-refractivity contribution in [3.63, 3.8) is 0 Å². The fourth-order valence-electron chi connectivity index (χ4n) is 4.88. The molecule has 13 heteroatoms. The van der Waals surface area contributed by atoms with E-state index in [9.17, 15) is 22.8 Å². The maximum atomic E-state index is 15.9. The highest BCUT2D eigenvalue weighted by molar-refractivity contribution is 7.81. The lowest BCUT2D eigenvalue weighted by Crippen LogP contribution is -2.55. The van der Waals surface area contributed by atoms with Gasteiger partial charge in [0.2, 0.25) is 0 Å². The van der Waals surface area contributed by atoms with Crippen LogP contribution in [0.5, 0.6) is 0 Å². The normalized spacial score (nSPS) is 16.2. The lowest BCUT2D eigenvalue weighted by atomic mass is 9.75. The van der Waals surface area contributed by atoms with E-state index in [-0.39, 0.29) is 41.4 Å². The standard InChI is InChI=1S/C27H20F4N6O2S/c28-22-18(23(38)34-12-8-16-5-1-2-11-33-16)6-3-7-21(22)37-25(40)36(24(39)26(37)9-4-10-26)17-13-19(27(29,30)31)20(14-32)35-15-17/h1-3,5-7,11,13,15H,4,8-10,12H2,(H,34,38). The van der Waals surface area contributed by atoms with Crippen molar-refractivity contribution >= 4 is 40.5 Å². The predicted octanol–water partition coefficient (Wildman–Crippen LogP) is 4.54. The first-order chi connectivity index (χ1) is 19.1. The minimum atomic E-state index is -4.91. The van der Waals surface area contributed by atoms with Gasteiger partial charge in [-0.1, -0.05) is 12.1 Å². The van der Waals surface area contributed by atoms with E-state index in [1.165, 1.54) is 29.2 Å². The van der Waals surface area contributed by atoms with Crippen LogP contribution in [0.15, 0.2) is 54.9 Å². The Bertz CT molecular complexity index is 1550. The fraction of sp³-hybridized carbons (Fsp3) is 0.259. The first-order valence-electron chi connectivity index (χ1n) is 12.2. The summed E-state index contributed by atoms with van der Waals surface area (Å²) < 4.78 is 56.7. The molecule has 3 aromatic rings. The van der Waals surface area contributed by atoms with E-state index in [4.69, 9.17) is 17.5 Å². The number of anilines is 2. The third-order valence-corrected chi connectivity index (χ3v) is 7.36. The average Bonchev–Trinajstić information content (AvgIpc) is 3.15. The molecule has 2 aromatic heterocycles.